The summed E-state index contributed by atoms with van der Waals surface area (Å²) in [6.07, 6.45) is -0.0916. The Morgan fingerprint density at radius 2 is 1.67 bits per heavy atom. The Morgan fingerprint density at radius 1 is 0.911 bits per heavy atom. The van der Waals surface area contributed by atoms with Gasteiger partial charge in [-0.25, -0.2) is 4.98 Å². The van der Waals surface area contributed by atoms with Gasteiger partial charge in [0.25, 0.3) is 9.70 Å². The molecule has 0 spiro atoms. The number of aliphatic hydroxyl groups excluding tert-OH is 1. The second kappa shape index (κ2) is 14.4. The summed E-state index contributed by atoms with van der Waals surface area (Å²) >= 11 is 20.4. The predicted molar refractivity (Wildman–Crippen MR) is 183 cm³/mol. The van der Waals surface area contributed by atoms with Crippen LogP contribution in [0, 0.1) is 0 Å². The Bertz CT molecular complexity index is 1730. The van der Waals surface area contributed by atoms with E-state index in [1.807, 2.05) is 91.0 Å². The molecule has 0 saturated carbocycles. The molecule has 1 aliphatic heterocycles. The molecule has 2 N–H and O–H groups in total. The van der Waals surface area contributed by atoms with Gasteiger partial charge in [-0.2, -0.15) is 0 Å². The molecule has 1 aromatic heterocycles. The molecule has 4 aromatic carbocycles. The van der Waals surface area contributed by atoms with Gasteiger partial charge in [0.05, 0.1) is 29.0 Å². The van der Waals surface area contributed by atoms with Crippen LogP contribution in [-0.4, -0.2) is 31.6 Å². The zero-order valence-corrected chi connectivity index (χ0v) is 27.8. The lowest BCUT2D eigenvalue weighted by Crippen LogP contribution is -2.33. The van der Waals surface area contributed by atoms with Gasteiger partial charge in [-0.1, -0.05) is 125 Å². The molecule has 0 bridgehead atoms. The largest absolute Gasteiger partial charge is 0.392 e. The molecule has 1 amide bonds. The molecule has 0 aliphatic carbocycles. The van der Waals surface area contributed by atoms with Gasteiger partial charge in [0.1, 0.15) is 0 Å². The fourth-order valence-electron chi connectivity index (χ4n) is 5.08. The number of alkyl halides is 3. The number of amides is 1. The number of para-hydroxylation sites is 1. The molecule has 3 atom stereocenters. The van der Waals surface area contributed by atoms with Crippen molar-refractivity contribution in [2.45, 2.75) is 46.2 Å². The van der Waals surface area contributed by atoms with E-state index >= 15 is 0 Å². The van der Waals surface area contributed by atoms with Gasteiger partial charge in [0.2, 0.25) is 0 Å². The van der Waals surface area contributed by atoms with Crippen molar-refractivity contribution in [2.24, 2.45) is 0 Å². The van der Waals surface area contributed by atoms with Gasteiger partial charge in [0.15, 0.2) is 10.6 Å². The van der Waals surface area contributed by atoms with Crippen LogP contribution in [0.25, 0.3) is 21.3 Å². The van der Waals surface area contributed by atoms with Crippen molar-refractivity contribution in [2.75, 3.05) is 5.75 Å². The number of hydrogen-bond donors (Lipinski definition) is 2. The van der Waals surface area contributed by atoms with E-state index in [2.05, 4.69) is 11.4 Å². The van der Waals surface area contributed by atoms with Crippen LogP contribution in [0.2, 0.25) is 0 Å². The summed E-state index contributed by atoms with van der Waals surface area (Å²) in [7, 11) is 0. The average molecular weight is 700 g/mol. The second-order valence-corrected chi connectivity index (χ2v) is 15.2. The van der Waals surface area contributed by atoms with Crippen LogP contribution in [0.15, 0.2) is 101 Å². The van der Waals surface area contributed by atoms with Crippen molar-refractivity contribution in [3.8, 4) is 11.1 Å². The van der Waals surface area contributed by atoms with E-state index < -0.39 is 16.0 Å². The van der Waals surface area contributed by atoms with E-state index in [-0.39, 0.29) is 25.4 Å². The summed E-state index contributed by atoms with van der Waals surface area (Å²) in [5, 5.41) is 12.1. The summed E-state index contributed by atoms with van der Waals surface area (Å²) in [5.41, 5.74) is 6.69. The van der Waals surface area contributed by atoms with Crippen LogP contribution >= 0.6 is 57.9 Å². The van der Waals surface area contributed by atoms with Crippen molar-refractivity contribution < 1.29 is 19.4 Å². The van der Waals surface area contributed by atoms with Crippen molar-refractivity contribution in [3.63, 3.8) is 0 Å². The number of aliphatic hydroxyl groups is 1. The maximum absolute atomic E-state index is 12.0. The van der Waals surface area contributed by atoms with Crippen LogP contribution < -0.4 is 5.32 Å². The molecule has 232 valence electrons. The molecule has 5 aromatic rings. The molecule has 1 fully saturated rings. The fourth-order valence-corrected chi connectivity index (χ4v) is 7.39. The highest BCUT2D eigenvalue weighted by Crippen LogP contribution is 2.40. The van der Waals surface area contributed by atoms with Crippen LogP contribution in [0.1, 0.15) is 41.1 Å². The molecule has 6 rings (SSSR count). The summed E-state index contributed by atoms with van der Waals surface area (Å²) in [5.74, 6) is 0.0686. The number of thiazole rings is 1. The Morgan fingerprint density at radius 3 is 2.40 bits per heavy atom. The zero-order chi connectivity index (χ0) is 31.4. The topological polar surface area (TPSA) is 80.7 Å². The Hall–Kier alpha value is -2.66. The number of nitrogens with one attached hydrogen (secondary N) is 1. The number of hydrogen-bond acceptors (Lipinski definition) is 7. The van der Waals surface area contributed by atoms with Crippen LogP contribution in [-0.2, 0) is 27.4 Å². The lowest BCUT2D eigenvalue weighted by Gasteiger charge is -2.36. The van der Waals surface area contributed by atoms with E-state index in [0.717, 1.165) is 49.0 Å². The number of aromatic nitrogens is 1. The van der Waals surface area contributed by atoms with Gasteiger partial charge in [0, 0.05) is 24.3 Å². The number of nitrogens with zero attached hydrogens (tertiary/aromatic N) is 1. The Kier molecular flexibility index (Phi) is 10.3. The molecule has 3 unspecified atom stereocenters. The maximum Gasteiger partial charge on any atom is 0.272 e. The van der Waals surface area contributed by atoms with Crippen molar-refractivity contribution in [1.29, 1.82) is 0 Å². The molecule has 1 saturated heterocycles. The van der Waals surface area contributed by atoms with E-state index in [0.29, 0.717) is 6.42 Å². The summed E-state index contributed by atoms with van der Waals surface area (Å²) in [4.78, 5) is 16.7. The average Bonchev–Trinajstić information content (AvgIpc) is 3.49. The number of halogens is 3. The SMILES string of the molecule is O=C(NCc1cccc(-c2ccc(C3OC(CSc4nc5ccccc5s4)CC(c4ccc(CO)cc4)O3)cc2)c1)C(Cl)(Cl)Cl. The first kappa shape index (κ1) is 32.3. The number of carbonyl (C=O) groups is 1. The molecule has 2 heterocycles. The third-order valence-corrected chi connectivity index (χ3v) is 10.3. The van der Waals surface area contributed by atoms with Gasteiger partial charge >= 0.3 is 0 Å². The number of fused-ring (bicyclic) bond motifs is 1. The first-order valence-corrected chi connectivity index (χ1v) is 17.2. The Balaban J connectivity index is 1.18. The molecule has 45 heavy (non-hydrogen) atoms. The van der Waals surface area contributed by atoms with Crippen LogP contribution in [0.4, 0.5) is 0 Å². The summed E-state index contributed by atoms with van der Waals surface area (Å²) in [6.45, 7) is 0.233. The highest BCUT2D eigenvalue weighted by atomic mass is 35.6. The van der Waals surface area contributed by atoms with Crippen molar-refractivity contribution in [3.05, 3.63) is 119 Å². The van der Waals surface area contributed by atoms with Gasteiger partial charge in [-0.3, -0.25) is 4.79 Å². The number of ether oxygens (including phenoxy) is 2. The number of carbonyl (C=O) groups excluding carboxylic acids is 1. The third-order valence-electron chi connectivity index (χ3n) is 7.44. The minimum Gasteiger partial charge on any atom is -0.392 e. The van der Waals surface area contributed by atoms with E-state index in [1.54, 1.807) is 23.1 Å². The highest BCUT2D eigenvalue weighted by molar-refractivity contribution is 8.01. The lowest BCUT2D eigenvalue weighted by atomic mass is 9.99. The monoisotopic (exact) mass is 698 g/mol. The standard InChI is InChI=1S/C34H29Cl3N2O4S2/c35-34(36,37)32(41)38-18-22-4-3-5-26(16-22)23-12-14-25(15-13-23)31-42-27(17-29(43-31)24-10-8-21(19-40)9-11-24)20-44-33-39-28-6-1-2-7-30(28)45-33/h1-16,27,29,31,40H,17-20H2,(H,38,41). The van der Waals surface area contributed by atoms with Crippen LogP contribution in [0.3, 0.4) is 0 Å². The summed E-state index contributed by atoms with van der Waals surface area (Å²) < 4.78 is 13.2. The fraction of sp³-hybridized carbons (Fsp3) is 0.235. The van der Waals surface area contributed by atoms with Gasteiger partial charge < -0.3 is 19.9 Å². The van der Waals surface area contributed by atoms with Crippen molar-refractivity contribution in [1.82, 2.24) is 10.3 Å². The smallest absolute Gasteiger partial charge is 0.272 e. The molecular formula is C34H29Cl3N2O4S2. The molecular weight excluding hydrogens is 671 g/mol. The van der Waals surface area contributed by atoms with E-state index in [4.69, 9.17) is 49.3 Å². The van der Waals surface area contributed by atoms with E-state index in [1.165, 1.54) is 4.70 Å². The van der Waals surface area contributed by atoms with Gasteiger partial charge in [-0.15, -0.1) is 11.3 Å². The molecule has 1 aliphatic rings. The Labute approximate surface area is 284 Å². The number of rotatable bonds is 9. The van der Waals surface area contributed by atoms with E-state index in [9.17, 15) is 9.90 Å². The third kappa shape index (κ3) is 8.20. The van der Waals surface area contributed by atoms with Crippen LogP contribution in [0.5, 0.6) is 0 Å². The summed E-state index contributed by atoms with van der Waals surface area (Å²) in [6, 6.07) is 32.0. The number of thioether (sulfide) groups is 1. The minimum atomic E-state index is -2.01. The normalized spacial score (nSPS) is 18.6. The maximum atomic E-state index is 12.0. The first-order chi connectivity index (χ1) is 21.7. The molecule has 11 heteroatoms. The zero-order valence-electron chi connectivity index (χ0n) is 23.9. The minimum absolute atomic E-state index is 0.00216. The van der Waals surface area contributed by atoms with Crippen molar-refractivity contribution >= 4 is 74.0 Å². The van der Waals surface area contributed by atoms with Gasteiger partial charge in [-0.05, 0) is 46.0 Å². The second-order valence-electron chi connectivity index (χ2n) is 10.6. The first-order valence-electron chi connectivity index (χ1n) is 14.3. The predicted octanol–water partition coefficient (Wildman–Crippen LogP) is 8.78. The molecule has 6 nitrogen and oxygen atoms in total. The molecule has 0 radical (unpaired) electrons. The lowest BCUT2D eigenvalue weighted by molar-refractivity contribution is -0.245. The number of benzene rings is 4. The highest BCUT2D eigenvalue weighted by Gasteiger charge is 2.33. The quantitative estimate of drug-likeness (QED) is 0.118.